The number of aliphatic hydroxyl groups excluding tert-OH is 1. The second-order valence-corrected chi connectivity index (χ2v) is 7.26. The van der Waals surface area contributed by atoms with Gasteiger partial charge in [-0.3, -0.25) is 4.79 Å². The Balaban J connectivity index is 2.59. The SMILES string of the molecule is CON=C[C@]1(C)[C@H](C(=O)O)N2C(=O)[C@@H](CO)[C@H]2S1(=O)=O. The second-order valence-electron chi connectivity index (χ2n) is 4.81. The molecule has 2 heterocycles. The average molecular weight is 306 g/mol. The van der Waals surface area contributed by atoms with Crippen LogP contribution in [0.3, 0.4) is 0 Å². The number of aliphatic carboxylic acids is 1. The number of amides is 1. The first-order valence-electron chi connectivity index (χ1n) is 5.71. The zero-order chi connectivity index (χ0) is 15.3. The quantitative estimate of drug-likeness (QED) is 0.350. The molecule has 0 aromatic heterocycles. The van der Waals surface area contributed by atoms with Crippen LogP contribution in [0, 0.1) is 5.92 Å². The number of sulfone groups is 1. The van der Waals surface area contributed by atoms with Gasteiger partial charge in [-0.05, 0) is 6.92 Å². The molecular weight excluding hydrogens is 292 g/mol. The van der Waals surface area contributed by atoms with Gasteiger partial charge in [0.25, 0.3) is 0 Å². The largest absolute Gasteiger partial charge is 0.480 e. The summed E-state index contributed by atoms with van der Waals surface area (Å²) in [7, 11) is -2.87. The minimum atomic E-state index is -4.05. The summed E-state index contributed by atoms with van der Waals surface area (Å²) < 4.78 is 23.1. The first-order valence-corrected chi connectivity index (χ1v) is 7.25. The van der Waals surface area contributed by atoms with E-state index >= 15 is 0 Å². The third-order valence-corrected chi connectivity index (χ3v) is 6.53. The molecule has 4 atom stereocenters. The van der Waals surface area contributed by atoms with Gasteiger partial charge in [0.05, 0.1) is 18.7 Å². The standard InChI is InChI=1S/C10H14N2O7S/c1-10(4-11-19-2)6(9(15)16)12-7(14)5(3-13)8(12)20(10,17)18/h4-6,8,13H,3H2,1-2H3,(H,15,16)/t5-,6+,8-,10-/m1/s1. The summed E-state index contributed by atoms with van der Waals surface area (Å²) in [6.45, 7) is 0.521. The fraction of sp³-hybridized carbons (Fsp3) is 0.700. The van der Waals surface area contributed by atoms with Crippen LogP contribution < -0.4 is 0 Å². The number of oxime groups is 1. The van der Waals surface area contributed by atoms with E-state index in [1.54, 1.807) is 0 Å². The van der Waals surface area contributed by atoms with Crippen LogP contribution in [0.4, 0.5) is 0 Å². The normalized spacial score (nSPS) is 38.6. The molecule has 0 aliphatic carbocycles. The summed E-state index contributed by atoms with van der Waals surface area (Å²) in [6.07, 6.45) is 0.876. The van der Waals surface area contributed by atoms with Crippen LogP contribution in [-0.2, 0) is 24.3 Å². The lowest BCUT2D eigenvalue weighted by Crippen LogP contribution is -2.64. The van der Waals surface area contributed by atoms with E-state index in [1.165, 1.54) is 14.0 Å². The Hall–Kier alpha value is -1.68. The molecule has 0 spiro atoms. The predicted molar refractivity (Wildman–Crippen MR) is 65.5 cm³/mol. The molecular formula is C10H14N2O7S. The van der Waals surface area contributed by atoms with Crippen molar-refractivity contribution < 1.29 is 33.1 Å². The maximum atomic E-state index is 12.5. The fourth-order valence-corrected chi connectivity index (χ4v) is 5.11. The Labute approximate surface area is 114 Å². The minimum Gasteiger partial charge on any atom is -0.480 e. The maximum Gasteiger partial charge on any atom is 0.328 e. The van der Waals surface area contributed by atoms with E-state index in [0.29, 0.717) is 0 Å². The minimum absolute atomic E-state index is 0.650. The molecule has 2 N–H and O–H groups in total. The zero-order valence-electron chi connectivity index (χ0n) is 10.8. The van der Waals surface area contributed by atoms with Crippen molar-refractivity contribution in [1.82, 2.24) is 4.90 Å². The highest BCUT2D eigenvalue weighted by Gasteiger charge is 2.73. The number of carbonyl (C=O) groups excluding carboxylic acids is 1. The Kier molecular flexibility index (Phi) is 3.25. The number of carbonyl (C=O) groups is 2. The molecule has 1 amide bonds. The second kappa shape index (κ2) is 4.42. The van der Waals surface area contributed by atoms with Gasteiger partial charge < -0.3 is 20.0 Å². The molecule has 0 radical (unpaired) electrons. The van der Waals surface area contributed by atoms with Crippen molar-refractivity contribution in [2.45, 2.75) is 23.1 Å². The van der Waals surface area contributed by atoms with Gasteiger partial charge in [0.15, 0.2) is 15.9 Å². The molecule has 2 rings (SSSR count). The van der Waals surface area contributed by atoms with E-state index < -0.39 is 50.4 Å². The maximum absolute atomic E-state index is 12.5. The monoisotopic (exact) mass is 306 g/mol. The predicted octanol–water partition coefficient (Wildman–Crippen LogP) is -1.96. The van der Waals surface area contributed by atoms with E-state index in [0.717, 1.165) is 11.1 Å². The molecule has 0 aromatic rings. The summed E-state index contributed by atoms with van der Waals surface area (Å²) in [5.74, 6) is -3.27. The summed E-state index contributed by atoms with van der Waals surface area (Å²) in [5, 5.41) is 20.4. The summed E-state index contributed by atoms with van der Waals surface area (Å²) >= 11 is 0. The van der Waals surface area contributed by atoms with Gasteiger partial charge in [-0.15, -0.1) is 0 Å². The van der Waals surface area contributed by atoms with Crippen molar-refractivity contribution in [3.63, 3.8) is 0 Å². The van der Waals surface area contributed by atoms with Crippen LogP contribution >= 0.6 is 0 Å². The summed E-state index contributed by atoms with van der Waals surface area (Å²) in [6, 6.07) is -1.59. The van der Waals surface area contributed by atoms with Crippen LogP contribution in [0.1, 0.15) is 6.92 Å². The van der Waals surface area contributed by atoms with Crippen LogP contribution in [0.15, 0.2) is 5.16 Å². The summed E-state index contributed by atoms with van der Waals surface area (Å²) in [4.78, 5) is 28.4. The Morgan fingerprint density at radius 2 is 2.20 bits per heavy atom. The van der Waals surface area contributed by atoms with Gasteiger partial charge in [-0.25, -0.2) is 13.2 Å². The molecule has 20 heavy (non-hydrogen) atoms. The molecule has 9 nitrogen and oxygen atoms in total. The number of hydrogen-bond donors (Lipinski definition) is 2. The highest BCUT2D eigenvalue weighted by molar-refractivity contribution is 7.94. The molecule has 2 aliphatic heterocycles. The van der Waals surface area contributed by atoms with Crippen LogP contribution in [-0.4, -0.2) is 71.5 Å². The highest BCUT2D eigenvalue weighted by Crippen LogP contribution is 2.47. The van der Waals surface area contributed by atoms with Crippen molar-refractivity contribution in [3.05, 3.63) is 0 Å². The van der Waals surface area contributed by atoms with Crippen molar-refractivity contribution >= 4 is 27.9 Å². The lowest BCUT2D eigenvalue weighted by Gasteiger charge is -2.41. The van der Waals surface area contributed by atoms with Gasteiger partial charge in [0, 0.05) is 0 Å². The molecule has 10 heteroatoms. The molecule has 0 unspecified atom stereocenters. The van der Waals surface area contributed by atoms with Gasteiger partial charge in [0.1, 0.15) is 17.2 Å². The Morgan fingerprint density at radius 1 is 1.60 bits per heavy atom. The van der Waals surface area contributed by atoms with Crippen molar-refractivity contribution in [2.75, 3.05) is 13.7 Å². The van der Waals surface area contributed by atoms with Crippen molar-refractivity contribution in [1.29, 1.82) is 0 Å². The van der Waals surface area contributed by atoms with E-state index in [2.05, 4.69) is 9.99 Å². The highest BCUT2D eigenvalue weighted by atomic mass is 32.2. The number of nitrogens with zero attached hydrogens (tertiary/aromatic N) is 2. The molecule has 0 saturated carbocycles. The number of carboxylic acid groups (broad SMARTS) is 1. The average Bonchev–Trinajstić information content (AvgIpc) is 2.52. The fourth-order valence-electron chi connectivity index (χ4n) is 2.72. The van der Waals surface area contributed by atoms with Crippen molar-refractivity contribution in [3.8, 4) is 0 Å². The Morgan fingerprint density at radius 3 is 2.65 bits per heavy atom. The number of β-lactam (4-membered cyclic amide) rings is 1. The number of rotatable bonds is 4. The number of hydrogen-bond acceptors (Lipinski definition) is 7. The molecule has 0 aromatic carbocycles. The number of fused-ring (bicyclic) bond motifs is 1. The molecule has 112 valence electrons. The third-order valence-electron chi connectivity index (χ3n) is 3.79. The van der Waals surface area contributed by atoms with Crippen LogP contribution in [0.25, 0.3) is 0 Å². The van der Waals surface area contributed by atoms with Gasteiger partial charge in [-0.2, -0.15) is 0 Å². The first kappa shape index (κ1) is 14.7. The molecule has 2 fully saturated rings. The molecule has 2 aliphatic rings. The van der Waals surface area contributed by atoms with E-state index in [1.807, 2.05) is 0 Å². The summed E-state index contributed by atoms with van der Waals surface area (Å²) in [5.41, 5.74) is 0. The van der Waals surface area contributed by atoms with Crippen LogP contribution in [0.5, 0.6) is 0 Å². The molecule has 0 bridgehead atoms. The first-order chi connectivity index (χ1) is 9.24. The van der Waals surface area contributed by atoms with E-state index in [9.17, 15) is 23.1 Å². The molecule has 2 saturated heterocycles. The van der Waals surface area contributed by atoms with Crippen molar-refractivity contribution in [2.24, 2.45) is 11.1 Å². The Bertz CT molecular complexity index is 586. The van der Waals surface area contributed by atoms with Gasteiger partial charge in [-0.1, -0.05) is 5.16 Å². The van der Waals surface area contributed by atoms with E-state index in [-0.39, 0.29) is 0 Å². The van der Waals surface area contributed by atoms with Gasteiger partial charge in [0.2, 0.25) is 5.91 Å². The lowest BCUT2D eigenvalue weighted by molar-refractivity contribution is -0.164. The lowest BCUT2D eigenvalue weighted by atomic mass is 9.92. The van der Waals surface area contributed by atoms with Crippen LogP contribution in [0.2, 0.25) is 0 Å². The topological polar surface area (TPSA) is 134 Å². The third kappa shape index (κ3) is 1.51. The zero-order valence-corrected chi connectivity index (χ0v) is 11.6. The van der Waals surface area contributed by atoms with E-state index in [4.69, 9.17) is 5.11 Å². The smallest absolute Gasteiger partial charge is 0.328 e. The number of carboxylic acids is 1. The van der Waals surface area contributed by atoms with Gasteiger partial charge >= 0.3 is 5.97 Å². The number of aliphatic hydroxyl groups is 1.